The lowest BCUT2D eigenvalue weighted by molar-refractivity contribution is -0.0596. The Morgan fingerprint density at radius 2 is 1.70 bits per heavy atom. The van der Waals surface area contributed by atoms with Crippen molar-refractivity contribution in [2.75, 3.05) is 0 Å². The van der Waals surface area contributed by atoms with E-state index in [9.17, 15) is 5.11 Å². The highest BCUT2D eigenvalue weighted by Crippen LogP contribution is 2.28. The largest absolute Gasteiger partial charge is 0.376 e. The fraction of sp³-hybridized carbons (Fsp3) is 1.00. The zero-order chi connectivity index (χ0) is 8.41. The third-order valence-corrected chi connectivity index (χ3v) is 1.93. The molecule has 2 nitrogen and oxygen atoms in total. The van der Waals surface area contributed by atoms with E-state index in [1.54, 1.807) is 0 Å². The minimum Gasteiger partial charge on any atom is -0.376 e. The molecule has 0 bridgehead atoms. The van der Waals surface area contributed by atoms with Crippen LogP contribution in [0, 0.1) is 5.41 Å². The molecular formula is C8H19NO. The van der Waals surface area contributed by atoms with Crippen LogP contribution in [0.25, 0.3) is 0 Å². The van der Waals surface area contributed by atoms with E-state index in [1.165, 1.54) is 0 Å². The molecule has 0 aliphatic rings. The predicted molar refractivity (Wildman–Crippen MR) is 43.5 cm³/mol. The second-order valence-corrected chi connectivity index (χ2v) is 3.92. The van der Waals surface area contributed by atoms with Gasteiger partial charge in [0.1, 0.15) is 5.72 Å². The summed E-state index contributed by atoms with van der Waals surface area (Å²) in [5, 5.41) is 9.63. The average molecular weight is 145 g/mol. The number of rotatable bonds is 2. The van der Waals surface area contributed by atoms with Crippen molar-refractivity contribution in [3.63, 3.8) is 0 Å². The molecule has 0 saturated heterocycles. The van der Waals surface area contributed by atoms with Crippen molar-refractivity contribution >= 4 is 0 Å². The molecule has 1 unspecified atom stereocenters. The number of nitrogens with two attached hydrogens (primary N) is 1. The molecule has 0 radical (unpaired) electrons. The van der Waals surface area contributed by atoms with Crippen molar-refractivity contribution < 1.29 is 5.11 Å². The van der Waals surface area contributed by atoms with Crippen molar-refractivity contribution in [2.24, 2.45) is 11.1 Å². The monoisotopic (exact) mass is 145 g/mol. The van der Waals surface area contributed by atoms with Crippen LogP contribution in [0.2, 0.25) is 0 Å². The van der Waals surface area contributed by atoms with E-state index in [0.717, 1.165) is 6.42 Å². The number of hydrogen-bond acceptors (Lipinski definition) is 2. The van der Waals surface area contributed by atoms with Crippen molar-refractivity contribution in [3.8, 4) is 0 Å². The minimum atomic E-state index is -1.01. The summed E-state index contributed by atoms with van der Waals surface area (Å²) in [7, 11) is 0. The highest BCUT2D eigenvalue weighted by molar-refractivity contribution is 4.83. The number of aliphatic hydroxyl groups is 1. The summed E-state index contributed by atoms with van der Waals surface area (Å²) in [6.07, 6.45) is 1.58. The fourth-order valence-corrected chi connectivity index (χ4v) is 0.756. The van der Waals surface area contributed by atoms with E-state index < -0.39 is 5.72 Å². The van der Waals surface area contributed by atoms with Gasteiger partial charge in [-0.05, 0) is 6.42 Å². The summed E-state index contributed by atoms with van der Waals surface area (Å²) < 4.78 is 0. The van der Waals surface area contributed by atoms with E-state index in [2.05, 4.69) is 0 Å². The van der Waals surface area contributed by atoms with Crippen molar-refractivity contribution in [3.05, 3.63) is 0 Å². The van der Waals surface area contributed by atoms with Crippen LogP contribution in [-0.2, 0) is 0 Å². The molecule has 0 aliphatic heterocycles. The van der Waals surface area contributed by atoms with E-state index in [1.807, 2.05) is 27.7 Å². The maximum atomic E-state index is 9.63. The van der Waals surface area contributed by atoms with Gasteiger partial charge < -0.3 is 10.8 Å². The first kappa shape index (κ1) is 9.92. The lowest BCUT2D eigenvalue weighted by Gasteiger charge is -2.36. The summed E-state index contributed by atoms with van der Waals surface area (Å²) >= 11 is 0. The highest BCUT2D eigenvalue weighted by atomic mass is 16.3. The van der Waals surface area contributed by atoms with Crippen LogP contribution in [0.3, 0.4) is 0 Å². The standard InChI is InChI=1S/C8H19NO/c1-5-6-8(9,10)7(2,3)4/h10H,5-6,9H2,1-4H3. The maximum Gasteiger partial charge on any atom is 0.118 e. The van der Waals surface area contributed by atoms with Crippen LogP contribution in [0.1, 0.15) is 40.5 Å². The van der Waals surface area contributed by atoms with Gasteiger partial charge in [0.25, 0.3) is 0 Å². The summed E-state index contributed by atoms with van der Waals surface area (Å²) in [6, 6.07) is 0. The van der Waals surface area contributed by atoms with Gasteiger partial charge in [-0.1, -0.05) is 34.1 Å². The van der Waals surface area contributed by atoms with Gasteiger partial charge in [0.15, 0.2) is 0 Å². The Balaban J connectivity index is 4.10. The van der Waals surface area contributed by atoms with Gasteiger partial charge in [0.05, 0.1) is 0 Å². The van der Waals surface area contributed by atoms with Crippen LogP contribution in [0.4, 0.5) is 0 Å². The first-order valence-electron chi connectivity index (χ1n) is 3.82. The molecule has 2 heteroatoms. The molecular weight excluding hydrogens is 126 g/mol. The maximum absolute atomic E-state index is 9.63. The zero-order valence-electron chi connectivity index (χ0n) is 7.44. The molecule has 0 rings (SSSR count). The molecule has 0 heterocycles. The number of hydrogen-bond donors (Lipinski definition) is 2. The molecule has 10 heavy (non-hydrogen) atoms. The van der Waals surface area contributed by atoms with Gasteiger partial charge in [-0.15, -0.1) is 0 Å². The van der Waals surface area contributed by atoms with Gasteiger partial charge in [-0.2, -0.15) is 0 Å². The van der Waals surface area contributed by atoms with E-state index in [0.29, 0.717) is 6.42 Å². The molecule has 0 saturated carbocycles. The fourth-order valence-electron chi connectivity index (χ4n) is 0.756. The van der Waals surface area contributed by atoms with Gasteiger partial charge in [-0.3, -0.25) is 0 Å². The second kappa shape index (κ2) is 2.89. The van der Waals surface area contributed by atoms with Crippen molar-refractivity contribution in [1.82, 2.24) is 0 Å². The Morgan fingerprint density at radius 3 is 1.80 bits per heavy atom. The third-order valence-electron chi connectivity index (χ3n) is 1.93. The molecule has 0 amide bonds. The SMILES string of the molecule is CCCC(N)(O)C(C)(C)C. The Labute approximate surface area is 63.4 Å². The van der Waals surface area contributed by atoms with Gasteiger partial charge in [0, 0.05) is 5.41 Å². The lowest BCUT2D eigenvalue weighted by atomic mass is 9.81. The molecule has 0 aliphatic carbocycles. The topological polar surface area (TPSA) is 46.2 Å². The van der Waals surface area contributed by atoms with E-state index in [4.69, 9.17) is 5.73 Å². The first-order valence-corrected chi connectivity index (χ1v) is 3.82. The van der Waals surface area contributed by atoms with Gasteiger partial charge in [-0.25, -0.2) is 0 Å². The van der Waals surface area contributed by atoms with Crippen LogP contribution in [0.15, 0.2) is 0 Å². The van der Waals surface area contributed by atoms with Crippen molar-refractivity contribution in [1.29, 1.82) is 0 Å². The lowest BCUT2D eigenvalue weighted by Crippen LogP contribution is -2.51. The van der Waals surface area contributed by atoms with Crippen LogP contribution >= 0.6 is 0 Å². The molecule has 0 fully saturated rings. The summed E-state index contributed by atoms with van der Waals surface area (Å²) in [6.45, 7) is 7.86. The molecule has 0 aromatic heterocycles. The summed E-state index contributed by atoms with van der Waals surface area (Å²) in [5.41, 5.74) is 4.43. The smallest absolute Gasteiger partial charge is 0.118 e. The average Bonchev–Trinajstić information content (AvgIpc) is 1.61. The normalized spacial score (nSPS) is 18.6. The molecule has 1 atom stereocenters. The van der Waals surface area contributed by atoms with Crippen LogP contribution in [0.5, 0.6) is 0 Å². The Morgan fingerprint density at radius 1 is 1.30 bits per heavy atom. The molecule has 0 aromatic carbocycles. The molecule has 62 valence electrons. The summed E-state index contributed by atoms with van der Waals surface area (Å²) in [5.74, 6) is 0. The molecule has 0 aromatic rings. The zero-order valence-corrected chi connectivity index (χ0v) is 7.44. The predicted octanol–water partition coefficient (Wildman–Crippen LogP) is 1.48. The molecule has 0 spiro atoms. The first-order chi connectivity index (χ1) is 4.31. The van der Waals surface area contributed by atoms with Crippen LogP contribution < -0.4 is 5.73 Å². The van der Waals surface area contributed by atoms with Crippen molar-refractivity contribution in [2.45, 2.75) is 46.3 Å². The third kappa shape index (κ3) is 2.27. The summed E-state index contributed by atoms with van der Waals surface area (Å²) in [4.78, 5) is 0. The molecule has 3 N–H and O–H groups in total. The highest BCUT2D eigenvalue weighted by Gasteiger charge is 2.34. The van der Waals surface area contributed by atoms with Crippen LogP contribution in [-0.4, -0.2) is 10.8 Å². The Kier molecular flexibility index (Phi) is 2.86. The Bertz CT molecular complexity index is 102. The quantitative estimate of drug-likeness (QED) is 0.578. The minimum absolute atomic E-state index is 0.219. The van der Waals surface area contributed by atoms with Gasteiger partial charge >= 0.3 is 0 Å². The van der Waals surface area contributed by atoms with Gasteiger partial charge in [0.2, 0.25) is 0 Å². The Hall–Kier alpha value is -0.0800. The second-order valence-electron chi connectivity index (χ2n) is 3.92. The van der Waals surface area contributed by atoms with E-state index in [-0.39, 0.29) is 5.41 Å². The van der Waals surface area contributed by atoms with E-state index >= 15 is 0 Å².